The Morgan fingerprint density at radius 3 is 2.62 bits per heavy atom. The van der Waals surface area contributed by atoms with E-state index < -0.39 is 11.4 Å². The summed E-state index contributed by atoms with van der Waals surface area (Å²) in [5.74, 6) is -1.22. The number of nitrogens with zero attached hydrogens (tertiary/aromatic N) is 1. The summed E-state index contributed by atoms with van der Waals surface area (Å²) in [6.07, 6.45) is 4.43. The Bertz CT molecular complexity index is 605. The zero-order valence-electron chi connectivity index (χ0n) is 11.5. The van der Waals surface area contributed by atoms with E-state index in [1.165, 1.54) is 16.8 Å². The van der Waals surface area contributed by atoms with E-state index in [2.05, 4.69) is 21.2 Å². The molecule has 7 heteroatoms. The Kier molecular flexibility index (Phi) is 4.82. The van der Waals surface area contributed by atoms with Gasteiger partial charge in [-0.05, 0) is 34.8 Å². The maximum Gasteiger partial charge on any atom is 0.311 e. The molecule has 2 rings (SSSR count). The number of carboxylic acids is 1. The molecule has 21 heavy (non-hydrogen) atoms. The Labute approximate surface area is 130 Å². The monoisotopic (exact) mass is 356 g/mol. The summed E-state index contributed by atoms with van der Waals surface area (Å²) in [4.78, 5) is 34.9. The molecule has 2 N–H and O–H groups in total. The largest absolute Gasteiger partial charge is 0.481 e. The number of halogens is 1. The van der Waals surface area contributed by atoms with Crippen molar-refractivity contribution in [2.24, 2.45) is 5.41 Å². The SMILES string of the molecule is O=C(Cn1cc(Br)ccc1=O)NCC1(C(=O)O)CCCC1. The van der Waals surface area contributed by atoms with E-state index >= 15 is 0 Å². The molecular weight excluding hydrogens is 340 g/mol. The van der Waals surface area contributed by atoms with Crippen molar-refractivity contribution in [2.45, 2.75) is 32.2 Å². The van der Waals surface area contributed by atoms with Gasteiger partial charge >= 0.3 is 5.97 Å². The molecule has 1 amide bonds. The Morgan fingerprint density at radius 1 is 1.33 bits per heavy atom. The van der Waals surface area contributed by atoms with Crippen LogP contribution in [-0.4, -0.2) is 28.1 Å². The van der Waals surface area contributed by atoms with Gasteiger partial charge in [0.15, 0.2) is 0 Å². The number of carbonyl (C=O) groups excluding carboxylic acids is 1. The van der Waals surface area contributed by atoms with Crippen LogP contribution in [0.25, 0.3) is 0 Å². The summed E-state index contributed by atoms with van der Waals surface area (Å²) < 4.78 is 1.98. The number of carboxylic acid groups (broad SMARTS) is 1. The predicted octanol–water partition coefficient (Wildman–Crippen LogP) is 1.37. The summed E-state index contributed by atoms with van der Waals surface area (Å²) >= 11 is 3.24. The van der Waals surface area contributed by atoms with Gasteiger partial charge in [-0.1, -0.05) is 12.8 Å². The van der Waals surface area contributed by atoms with Gasteiger partial charge in [0.1, 0.15) is 6.54 Å². The molecule has 1 fully saturated rings. The average Bonchev–Trinajstić information content (AvgIpc) is 2.91. The minimum Gasteiger partial charge on any atom is -0.481 e. The van der Waals surface area contributed by atoms with Gasteiger partial charge in [0.25, 0.3) is 5.56 Å². The minimum atomic E-state index is -0.861. The number of hydrogen-bond acceptors (Lipinski definition) is 3. The highest BCUT2D eigenvalue weighted by atomic mass is 79.9. The zero-order chi connectivity index (χ0) is 15.5. The molecule has 0 aromatic carbocycles. The van der Waals surface area contributed by atoms with Crippen molar-refractivity contribution in [3.63, 3.8) is 0 Å². The number of carbonyl (C=O) groups is 2. The van der Waals surface area contributed by atoms with Crippen LogP contribution in [0.5, 0.6) is 0 Å². The van der Waals surface area contributed by atoms with Crippen LogP contribution in [-0.2, 0) is 16.1 Å². The highest BCUT2D eigenvalue weighted by Gasteiger charge is 2.41. The van der Waals surface area contributed by atoms with Gasteiger partial charge in [-0.3, -0.25) is 14.4 Å². The molecule has 1 aliphatic carbocycles. The van der Waals surface area contributed by atoms with Gasteiger partial charge in [0.2, 0.25) is 5.91 Å². The Hall–Kier alpha value is -1.63. The molecule has 1 aromatic heterocycles. The maximum atomic E-state index is 11.9. The second-order valence-corrected chi connectivity index (χ2v) is 6.30. The highest BCUT2D eigenvalue weighted by Crippen LogP contribution is 2.37. The van der Waals surface area contributed by atoms with Crippen LogP contribution in [0.3, 0.4) is 0 Å². The summed E-state index contributed by atoms with van der Waals surface area (Å²) in [6, 6.07) is 2.97. The highest BCUT2D eigenvalue weighted by molar-refractivity contribution is 9.10. The molecular formula is C14H17BrN2O4. The molecule has 0 spiro atoms. The molecule has 0 unspecified atom stereocenters. The van der Waals surface area contributed by atoms with Crippen molar-refractivity contribution in [1.82, 2.24) is 9.88 Å². The molecule has 0 radical (unpaired) electrons. The van der Waals surface area contributed by atoms with Crippen molar-refractivity contribution in [3.8, 4) is 0 Å². The number of rotatable bonds is 5. The van der Waals surface area contributed by atoms with Crippen LogP contribution >= 0.6 is 15.9 Å². The third-order valence-electron chi connectivity index (χ3n) is 3.90. The third-order valence-corrected chi connectivity index (χ3v) is 4.37. The molecule has 1 saturated carbocycles. The molecule has 0 aliphatic heterocycles. The number of hydrogen-bond donors (Lipinski definition) is 2. The first kappa shape index (κ1) is 15.8. The van der Waals surface area contributed by atoms with Crippen LogP contribution in [0.4, 0.5) is 0 Å². The van der Waals surface area contributed by atoms with E-state index in [0.29, 0.717) is 17.3 Å². The topological polar surface area (TPSA) is 88.4 Å². The van der Waals surface area contributed by atoms with E-state index in [1.807, 2.05) is 0 Å². The maximum absolute atomic E-state index is 11.9. The summed E-state index contributed by atoms with van der Waals surface area (Å²) in [5, 5.41) is 12.0. The first-order chi connectivity index (χ1) is 9.93. The van der Waals surface area contributed by atoms with E-state index in [4.69, 9.17) is 0 Å². The molecule has 0 saturated heterocycles. The Balaban J connectivity index is 1.97. The molecule has 114 valence electrons. The molecule has 6 nitrogen and oxygen atoms in total. The summed E-state index contributed by atoms with van der Waals surface area (Å²) in [6.45, 7) is -0.00209. The smallest absolute Gasteiger partial charge is 0.311 e. The van der Waals surface area contributed by atoms with Gasteiger partial charge in [-0.15, -0.1) is 0 Å². The van der Waals surface area contributed by atoms with Crippen molar-refractivity contribution in [2.75, 3.05) is 6.54 Å². The van der Waals surface area contributed by atoms with Crippen LogP contribution in [0.2, 0.25) is 0 Å². The number of aromatic nitrogens is 1. The fourth-order valence-corrected chi connectivity index (χ4v) is 3.00. The summed E-state index contributed by atoms with van der Waals surface area (Å²) in [7, 11) is 0. The molecule has 1 aromatic rings. The lowest BCUT2D eigenvalue weighted by Crippen LogP contribution is -2.42. The van der Waals surface area contributed by atoms with Crippen molar-refractivity contribution >= 4 is 27.8 Å². The fourth-order valence-electron chi connectivity index (χ4n) is 2.62. The number of aliphatic carboxylic acids is 1. The summed E-state index contributed by atoms with van der Waals surface area (Å²) in [5.41, 5.74) is -1.13. The molecule has 0 atom stereocenters. The second-order valence-electron chi connectivity index (χ2n) is 5.38. The predicted molar refractivity (Wildman–Crippen MR) is 79.9 cm³/mol. The lowest BCUT2D eigenvalue weighted by Gasteiger charge is -2.24. The molecule has 1 aliphatic rings. The standard InChI is InChI=1S/C14H17BrN2O4/c15-10-3-4-12(19)17(7-10)8-11(18)16-9-14(13(20)21)5-1-2-6-14/h3-4,7H,1-2,5-6,8-9H2,(H,16,18)(H,20,21). The van der Waals surface area contributed by atoms with E-state index in [1.54, 1.807) is 6.07 Å². The average molecular weight is 357 g/mol. The van der Waals surface area contributed by atoms with Gasteiger partial charge in [0, 0.05) is 23.3 Å². The molecule has 1 heterocycles. The van der Waals surface area contributed by atoms with Crippen LogP contribution in [0.1, 0.15) is 25.7 Å². The van der Waals surface area contributed by atoms with Gasteiger partial charge in [-0.2, -0.15) is 0 Å². The second kappa shape index (κ2) is 6.43. The number of pyridine rings is 1. The van der Waals surface area contributed by atoms with E-state index in [0.717, 1.165) is 12.8 Å². The fraction of sp³-hybridized carbons (Fsp3) is 0.500. The van der Waals surface area contributed by atoms with Gasteiger partial charge in [0.05, 0.1) is 5.41 Å². The number of amides is 1. The van der Waals surface area contributed by atoms with Gasteiger partial charge in [-0.25, -0.2) is 0 Å². The van der Waals surface area contributed by atoms with Crippen molar-refractivity contribution in [3.05, 3.63) is 33.2 Å². The van der Waals surface area contributed by atoms with Crippen molar-refractivity contribution < 1.29 is 14.7 Å². The van der Waals surface area contributed by atoms with Crippen molar-refractivity contribution in [1.29, 1.82) is 0 Å². The zero-order valence-corrected chi connectivity index (χ0v) is 13.1. The third kappa shape index (κ3) is 3.72. The molecule has 0 bridgehead atoms. The van der Waals surface area contributed by atoms with Crippen LogP contribution in [0.15, 0.2) is 27.6 Å². The van der Waals surface area contributed by atoms with Crippen LogP contribution in [0, 0.1) is 5.41 Å². The normalized spacial score (nSPS) is 16.6. The van der Waals surface area contributed by atoms with Gasteiger partial charge < -0.3 is 15.0 Å². The number of nitrogens with one attached hydrogen (secondary N) is 1. The van der Waals surface area contributed by atoms with E-state index in [-0.39, 0.29) is 24.6 Å². The minimum absolute atomic E-state index is 0.115. The Morgan fingerprint density at radius 2 is 2.00 bits per heavy atom. The van der Waals surface area contributed by atoms with Crippen LogP contribution < -0.4 is 10.9 Å². The first-order valence-electron chi connectivity index (χ1n) is 6.79. The first-order valence-corrected chi connectivity index (χ1v) is 7.58. The van der Waals surface area contributed by atoms with E-state index in [9.17, 15) is 19.5 Å². The lowest BCUT2D eigenvalue weighted by atomic mass is 9.86. The lowest BCUT2D eigenvalue weighted by molar-refractivity contribution is -0.148. The quantitative estimate of drug-likeness (QED) is 0.833.